The van der Waals surface area contributed by atoms with E-state index in [0.29, 0.717) is 28.7 Å². The van der Waals surface area contributed by atoms with Crippen molar-refractivity contribution in [1.29, 1.82) is 5.26 Å². The number of benzene rings is 1. The molecule has 0 bridgehead atoms. The number of ether oxygens (including phenoxy) is 1. The zero-order valence-electron chi connectivity index (χ0n) is 21.1. The molecule has 0 unspecified atom stereocenters. The van der Waals surface area contributed by atoms with Gasteiger partial charge in [-0.15, -0.1) is 10.2 Å². The largest absolute Gasteiger partial charge is 0.490 e. The normalized spacial score (nSPS) is 24.1. The van der Waals surface area contributed by atoms with Gasteiger partial charge in [0, 0.05) is 44.2 Å². The molecule has 202 valence electrons. The molecule has 0 radical (unpaired) electrons. The van der Waals surface area contributed by atoms with E-state index >= 15 is 0 Å². The molecule has 2 saturated heterocycles. The lowest BCUT2D eigenvalue weighted by Crippen LogP contribution is -2.45. The van der Waals surface area contributed by atoms with Gasteiger partial charge in [0.05, 0.1) is 23.2 Å². The van der Waals surface area contributed by atoms with Gasteiger partial charge in [-0.3, -0.25) is 9.69 Å². The predicted octanol–water partition coefficient (Wildman–Crippen LogP) is 4.43. The van der Waals surface area contributed by atoms with Gasteiger partial charge in [-0.25, -0.2) is 8.78 Å². The molecule has 2 aromatic rings. The fourth-order valence-corrected chi connectivity index (χ4v) is 5.80. The summed E-state index contributed by atoms with van der Waals surface area (Å²) in [5.74, 6) is -1.47. The minimum atomic E-state index is -2.56. The fourth-order valence-electron chi connectivity index (χ4n) is 5.59. The number of rotatable bonds is 6. The van der Waals surface area contributed by atoms with Crippen LogP contribution in [0.1, 0.15) is 61.0 Å². The van der Waals surface area contributed by atoms with Crippen molar-refractivity contribution in [2.75, 3.05) is 31.1 Å². The molecular formula is C27H31ClF2N6O2. The Morgan fingerprint density at radius 1 is 1.08 bits per heavy atom. The van der Waals surface area contributed by atoms with Crippen LogP contribution in [-0.4, -0.2) is 71.3 Å². The molecule has 38 heavy (non-hydrogen) atoms. The van der Waals surface area contributed by atoms with E-state index in [9.17, 15) is 13.6 Å². The molecule has 2 aliphatic heterocycles. The van der Waals surface area contributed by atoms with Crippen molar-refractivity contribution in [3.05, 3.63) is 46.6 Å². The van der Waals surface area contributed by atoms with Crippen LogP contribution in [0.3, 0.4) is 0 Å². The minimum absolute atomic E-state index is 0.0253. The molecule has 1 N–H and O–H groups in total. The molecule has 3 aliphatic rings. The van der Waals surface area contributed by atoms with E-state index in [-0.39, 0.29) is 42.8 Å². The fraction of sp³-hybridized carbons (Fsp3) is 0.556. The highest BCUT2D eigenvalue weighted by atomic mass is 35.5. The van der Waals surface area contributed by atoms with Crippen LogP contribution in [-0.2, 0) is 0 Å². The van der Waals surface area contributed by atoms with Gasteiger partial charge >= 0.3 is 0 Å². The first-order valence-corrected chi connectivity index (χ1v) is 13.6. The second-order valence-electron chi connectivity index (χ2n) is 10.4. The van der Waals surface area contributed by atoms with E-state index in [0.717, 1.165) is 51.6 Å². The monoisotopic (exact) mass is 544 g/mol. The molecule has 1 aromatic heterocycles. The molecular weight excluding hydrogens is 514 g/mol. The Morgan fingerprint density at radius 2 is 1.84 bits per heavy atom. The van der Waals surface area contributed by atoms with Crippen LogP contribution in [0, 0.1) is 11.3 Å². The lowest BCUT2D eigenvalue weighted by atomic mass is 9.93. The number of aromatic nitrogens is 2. The van der Waals surface area contributed by atoms with Crippen LogP contribution in [0.25, 0.3) is 0 Å². The summed E-state index contributed by atoms with van der Waals surface area (Å²) < 4.78 is 33.1. The van der Waals surface area contributed by atoms with Crippen molar-refractivity contribution in [1.82, 2.24) is 20.4 Å². The van der Waals surface area contributed by atoms with Crippen LogP contribution in [0.4, 0.5) is 14.6 Å². The van der Waals surface area contributed by atoms with Gasteiger partial charge in [0.25, 0.3) is 11.8 Å². The molecule has 1 saturated carbocycles. The zero-order valence-corrected chi connectivity index (χ0v) is 21.8. The number of likely N-dealkylation sites (tertiary alicyclic amines) is 1. The average Bonchev–Trinajstić information content (AvgIpc) is 3.29. The first-order chi connectivity index (χ1) is 18.3. The first kappa shape index (κ1) is 26.6. The smallest absolute Gasteiger partial charge is 0.272 e. The molecule has 0 atom stereocenters. The second kappa shape index (κ2) is 11.4. The average molecular weight is 545 g/mol. The van der Waals surface area contributed by atoms with Crippen LogP contribution in [0.2, 0.25) is 5.02 Å². The Balaban J connectivity index is 1.06. The SMILES string of the molecule is N#Cc1ccc(OC2CCC(NC(=O)c3ccc(N4CCC(N5CCC(F)(F)C5)CC4)nn3)CC2)cc1Cl. The molecule has 0 spiro atoms. The van der Waals surface area contributed by atoms with Crippen LogP contribution >= 0.6 is 11.6 Å². The van der Waals surface area contributed by atoms with Gasteiger partial charge in [0.1, 0.15) is 11.8 Å². The topological polar surface area (TPSA) is 94.4 Å². The minimum Gasteiger partial charge on any atom is -0.490 e. The number of piperidine rings is 1. The number of anilines is 1. The summed E-state index contributed by atoms with van der Waals surface area (Å²) in [4.78, 5) is 16.8. The van der Waals surface area contributed by atoms with Gasteiger partial charge in [-0.05, 0) is 62.8 Å². The summed E-state index contributed by atoms with van der Waals surface area (Å²) in [6.07, 6.45) is 4.74. The van der Waals surface area contributed by atoms with Crippen LogP contribution in [0.5, 0.6) is 5.75 Å². The standard InChI is InChI=1S/C27H31ClF2N6O2/c28-23-15-22(4-1-18(23)16-31)38-21-5-2-19(3-6-21)32-26(37)24-7-8-25(34-33-24)35-12-9-20(10-13-35)36-14-11-27(29,30)17-36/h1,4,7-8,15,19-21H,2-3,5-6,9-14,17H2,(H,32,37). The molecule has 3 heterocycles. The van der Waals surface area contributed by atoms with E-state index in [1.807, 2.05) is 11.0 Å². The number of nitrogens with one attached hydrogen (secondary N) is 1. The molecule has 11 heteroatoms. The van der Waals surface area contributed by atoms with E-state index in [2.05, 4.69) is 20.4 Å². The summed E-state index contributed by atoms with van der Waals surface area (Å²) >= 11 is 6.09. The molecule has 3 fully saturated rings. The summed E-state index contributed by atoms with van der Waals surface area (Å²) in [6, 6.07) is 10.8. The quantitative estimate of drug-likeness (QED) is 0.575. The molecule has 1 aromatic carbocycles. The maximum absolute atomic E-state index is 13.6. The Labute approximate surface area is 225 Å². The van der Waals surface area contributed by atoms with Gasteiger partial charge in [0.15, 0.2) is 11.5 Å². The first-order valence-electron chi connectivity index (χ1n) is 13.2. The number of hydrogen-bond donors (Lipinski definition) is 1. The number of hydrogen-bond acceptors (Lipinski definition) is 7. The lowest BCUT2D eigenvalue weighted by molar-refractivity contribution is 0.00627. The highest BCUT2D eigenvalue weighted by Gasteiger charge is 2.41. The van der Waals surface area contributed by atoms with E-state index in [4.69, 9.17) is 21.6 Å². The third-order valence-electron chi connectivity index (χ3n) is 7.76. The van der Waals surface area contributed by atoms with E-state index in [1.54, 1.807) is 30.3 Å². The van der Waals surface area contributed by atoms with Crippen molar-refractivity contribution in [2.45, 2.75) is 69.1 Å². The van der Waals surface area contributed by atoms with E-state index < -0.39 is 5.92 Å². The maximum atomic E-state index is 13.6. The van der Waals surface area contributed by atoms with Crippen LogP contribution in [0.15, 0.2) is 30.3 Å². The number of alkyl halides is 2. The Hall–Kier alpha value is -3.03. The molecule has 1 aliphatic carbocycles. The Bertz CT molecular complexity index is 1180. The zero-order chi connectivity index (χ0) is 26.7. The highest BCUT2D eigenvalue weighted by molar-refractivity contribution is 6.31. The number of halogens is 3. The van der Waals surface area contributed by atoms with E-state index in [1.165, 1.54) is 0 Å². The van der Waals surface area contributed by atoms with Gasteiger partial charge in [0.2, 0.25) is 0 Å². The molecule has 8 nitrogen and oxygen atoms in total. The van der Waals surface area contributed by atoms with Crippen LogP contribution < -0.4 is 15.0 Å². The van der Waals surface area contributed by atoms with Gasteiger partial charge in [-0.1, -0.05) is 11.6 Å². The van der Waals surface area contributed by atoms with Crippen molar-refractivity contribution in [2.24, 2.45) is 0 Å². The molecule has 5 rings (SSSR count). The number of nitriles is 1. The van der Waals surface area contributed by atoms with Crippen molar-refractivity contribution < 1.29 is 18.3 Å². The molecule has 1 amide bonds. The third-order valence-corrected chi connectivity index (χ3v) is 8.07. The van der Waals surface area contributed by atoms with Crippen molar-refractivity contribution >= 4 is 23.3 Å². The number of carbonyl (C=O) groups is 1. The number of carbonyl (C=O) groups excluding carboxylic acids is 1. The third kappa shape index (κ3) is 6.33. The summed E-state index contributed by atoms with van der Waals surface area (Å²) in [5, 5.41) is 20.9. The predicted molar refractivity (Wildman–Crippen MR) is 139 cm³/mol. The van der Waals surface area contributed by atoms with Crippen molar-refractivity contribution in [3.8, 4) is 11.8 Å². The number of nitrogens with zero attached hydrogens (tertiary/aromatic N) is 5. The van der Waals surface area contributed by atoms with Gasteiger partial charge in [-0.2, -0.15) is 5.26 Å². The second-order valence-corrected chi connectivity index (χ2v) is 10.8. The summed E-state index contributed by atoms with van der Waals surface area (Å²) in [7, 11) is 0. The van der Waals surface area contributed by atoms with Crippen molar-refractivity contribution in [3.63, 3.8) is 0 Å². The maximum Gasteiger partial charge on any atom is 0.272 e. The van der Waals surface area contributed by atoms with Gasteiger partial charge < -0.3 is 15.0 Å². The highest BCUT2D eigenvalue weighted by Crippen LogP contribution is 2.32. The number of amides is 1. The summed E-state index contributed by atoms with van der Waals surface area (Å²) in [6.45, 7) is 1.78. The Morgan fingerprint density at radius 3 is 2.45 bits per heavy atom. The Kier molecular flexibility index (Phi) is 7.96. The summed E-state index contributed by atoms with van der Waals surface area (Å²) in [5.41, 5.74) is 0.687. The lowest BCUT2D eigenvalue weighted by Gasteiger charge is -2.37.